The van der Waals surface area contributed by atoms with Crippen LogP contribution in [0.2, 0.25) is 0 Å². The molecule has 0 fully saturated rings. The van der Waals surface area contributed by atoms with Crippen molar-refractivity contribution in [3.8, 4) is 0 Å². The van der Waals surface area contributed by atoms with Gasteiger partial charge in [0.25, 0.3) is 0 Å². The van der Waals surface area contributed by atoms with Gasteiger partial charge in [0.05, 0.1) is 0 Å². The number of anilines is 1. The first-order valence-corrected chi connectivity index (χ1v) is 4.94. The van der Waals surface area contributed by atoms with Gasteiger partial charge in [0.15, 0.2) is 0 Å². The van der Waals surface area contributed by atoms with E-state index in [-0.39, 0.29) is 0 Å². The van der Waals surface area contributed by atoms with Crippen molar-refractivity contribution in [2.45, 2.75) is 39.5 Å². The van der Waals surface area contributed by atoms with Crippen LogP contribution in [0.1, 0.15) is 45.2 Å². The summed E-state index contributed by atoms with van der Waals surface area (Å²) in [5.74, 6) is 1.89. The Balaban J connectivity index is 2.66. The van der Waals surface area contributed by atoms with Crippen LogP contribution < -0.4 is 5.73 Å². The zero-order chi connectivity index (χ0) is 9.84. The van der Waals surface area contributed by atoms with Crippen molar-refractivity contribution in [2.24, 2.45) is 5.92 Å². The molecule has 0 radical (unpaired) electrons. The van der Waals surface area contributed by atoms with Crippen LogP contribution in [-0.2, 0) is 0 Å². The highest BCUT2D eigenvalue weighted by Crippen LogP contribution is 2.25. The van der Waals surface area contributed by atoms with Gasteiger partial charge in [-0.3, -0.25) is 5.10 Å². The molecule has 0 aliphatic rings. The molecule has 13 heavy (non-hydrogen) atoms. The first kappa shape index (κ1) is 10.1. The number of hydrogen-bond donors (Lipinski definition) is 2. The van der Waals surface area contributed by atoms with Gasteiger partial charge in [0.2, 0.25) is 0 Å². The quantitative estimate of drug-likeness (QED) is 0.750. The number of aromatic nitrogens is 2. The maximum Gasteiger partial charge on any atom is 0.145 e. The summed E-state index contributed by atoms with van der Waals surface area (Å²) in [4.78, 5) is 0. The third-order valence-electron chi connectivity index (χ3n) is 2.31. The van der Waals surface area contributed by atoms with E-state index in [0.29, 0.717) is 11.7 Å². The summed E-state index contributed by atoms with van der Waals surface area (Å²) in [6.45, 7) is 6.68. The number of aromatic amines is 1. The van der Waals surface area contributed by atoms with E-state index in [1.54, 1.807) is 0 Å². The summed E-state index contributed by atoms with van der Waals surface area (Å²) in [7, 11) is 0. The van der Waals surface area contributed by atoms with E-state index in [9.17, 15) is 0 Å². The Bertz CT molecular complexity index is 252. The van der Waals surface area contributed by atoms with Gasteiger partial charge in [0, 0.05) is 17.7 Å². The van der Waals surface area contributed by atoms with E-state index in [1.165, 1.54) is 12.1 Å². The fourth-order valence-electron chi connectivity index (χ4n) is 1.64. The predicted octanol–water partition coefficient (Wildman–Crippen LogP) is 2.53. The zero-order valence-corrected chi connectivity index (χ0v) is 8.67. The molecule has 3 heteroatoms. The molecule has 0 aromatic carbocycles. The number of nitrogens with two attached hydrogens (primary N) is 1. The molecule has 0 spiro atoms. The normalized spacial score (nSPS) is 13.5. The molecule has 3 nitrogen and oxygen atoms in total. The van der Waals surface area contributed by atoms with Crippen molar-refractivity contribution in [1.82, 2.24) is 10.2 Å². The topological polar surface area (TPSA) is 54.7 Å². The Morgan fingerprint density at radius 3 is 2.62 bits per heavy atom. The summed E-state index contributed by atoms with van der Waals surface area (Å²) < 4.78 is 0. The predicted molar refractivity (Wildman–Crippen MR) is 55.5 cm³/mol. The van der Waals surface area contributed by atoms with Crippen molar-refractivity contribution in [3.63, 3.8) is 0 Å². The highest BCUT2D eigenvalue weighted by Gasteiger charge is 2.13. The SMILES string of the molecule is CCC(CC(C)C)c1cc(N)n[nH]1. The van der Waals surface area contributed by atoms with Gasteiger partial charge >= 0.3 is 0 Å². The van der Waals surface area contributed by atoms with Crippen molar-refractivity contribution >= 4 is 5.82 Å². The molecule has 3 N–H and O–H groups in total. The minimum atomic E-state index is 0.574. The number of hydrogen-bond acceptors (Lipinski definition) is 2. The van der Waals surface area contributed by atoms with Gasteiger partial charge < -0.3 is 5.73 Å². The second-order valence-electron chi connectivity index (χ2n) is 3.98. The summed E-state index contributed by atoms with van der Waals surface area (Å²) in [5, 5.41) is 6.93. The molecule has 1 heterocycles. The van der Waals surface area contributed by atoms with Crippen LogP contribution in [0.4, 0.5) is 5.82 Å². The maximum atomic E-state index is 5.56. The van der Waals surface area contributed by atoms with Gasteiger partial charge in [0.1, 0.15) is 5.82 Å². The number of nitrogen functional groups attached to an aromatic ring is 1. The third-order valence-corrected chi connectivity index (χ3v) is 2.31. The highest BCUT2D eigenvalue weighted by atomic mass is 15.2. The van der Waals surface area contributed by atoms with Crippen LogP contribution in [0.25, 0.3) is 0 Å². The Hall–Kier alpha value is -0.990. The molecule has 74 valence electrons. The first-order valence-electron chi connectivity index (χ1n) is 4.94. The van der Waals surface area contributed by atoms with Gasteiger partial charge in [-0.1, -0.05) is 20.8 Å². The first-order chi connectivity index (χ1) is 6.13. The van der Waals surface area contributed by atoms with Crippen molar-refractivity contribution in [3.05, 3.63) is 11.8 Å². The van der Waals surface area contributed by atoms with Crippen LogP contribution >= 0.6 is 0 Å². The highest BCUT2D eigenvalue weighted by molar-refractivity contribution is 5.30. The molecular formula is C10H19N3. The van der Waals surface area contributed by atoms with E-state index >= 15 is 0 Å². The molecule has 0 aliphatic carbocycles. The molecule has 0 aliphatic heterocycles. The number of nitrogens with one attached hydrogen (secondary N) is 1. The van der Waals surface area contributed by atoms with E-state index in [1.807, 2.05) is 6.07 Å². The lowest BCUT2D eigenvalue weighted by Crippen LogP contribution is -2.02. The Kier molecular flexibility index (Phi) is 3.34. The standard InChI is InChI=1S/C10H19N3/c1-4-8(5-7(2)3)9-6-10(11)13-12-9/h6-8H,4-5H2,1-3H3,(H3,11,12,13). The van der Waals surface area contributed by atoms with E-state index in [4.69, 9.17) is 5.73 Å². The van der Waals surface area contributed by atoms with Crippen LogP contribution in [-0.4, -0.2) is 10.2 Å². The average Bonchev–Trinajstić information content (AvgIpc) is 2.47. The molecule has 0 bridgehead atoms. The Morgan fingerprint density at radius 1 is 1.54 bits per heavy atom. The Morgan fingerprint density at radius 2 is 2.23 bits per heavy atom. The molecule has 1 unspecified atom stereocenters. The van der Waals surface area contributed by atoms with Crippen LogP contribution in [0.3, 0.4) is 0 Å². The average molecular weight is 181 g/mol. The van der Waals surface area contributed by atoms with Crippen LogP contribution in [0.15, 0.2) is 6.07 Å². The summed E-state index contributed by atoms with van der Waals surface area (Å²) in [6.07, 6.45) is 2.33. The molecule has 1 atom stereocenters. The van der Waals surface area contributed by atoms with Gasteiger partial charge in [-0.2, -0.15) is 5.10 Å². The van der Waals surface area contributed by atoms with E-state index < -0.39 is 0 Å². The summed E-state index contributed by atoms with van der Waals surface area (Å²) in [6, 6.07) is 1.94. The van der Waals surface area contributed by atoms with Crippen LogP contribution in [0.5, 0.6) is 0 Å². The van der Waals surface area contributed by atoms with Crippen molar-refractivity contribution in [2.75, 3.05) is 5.73 Å². The fraction of sp³-hybridized carbons (Fsp3) is 0.700. The zero-order valence-electron chi connectivity index (χ0n) is 8.67. The fourth-order valence-corrected chi connectivity index (χ4v) is 1.64. The van der Waals surface area contributed by atoms with Gasteiger partial charge in [-0.05, 0) is 18.8 Å². The molecule has 0 saturated carbocycles. The maximum absolute atomic E-state index is 5.56. The van der Waals surface area contributed by atoms with Crippen molar-refractivity contribution < 1.29 is 0 Å². The largest absolute Gasteiger partial charge is 0.382 e. The van der Waals surface area contributed by atoms with Crippen LogP contribution in [0, 0.1) is 5.92 Å². The van der Waals surface area contributed by atoms with E-state index in [2.05, 4.69) is 31.0 Å². The number of H-pyrrole nitrogens is 1. The number of rotatable bonds is 4. The second-order valence-corrected chi connectivity index (χ2v) is 3.98. The molecule has 1 aromatic rings. The molecule has 1 rings (SSSR count). The lowest BCUT2D eigenvalue weighted by molar-refractivity contribution is 0.481. The smallest absolute Gasteiger partial charge is 0.145 e. The third kappa shape index (κ3) is 2.76. The number of nitrogens with zero attached hydrogens (tertiary/aromatic N) is 1. The summed E-state index contributed by atoms with van der Waals surface area (Å²) >= 11 is 0. The van der Waals surface area contributed by atoms with E-state index in [0.717, 1.165) is 12.3 Å². The monoisotopic (exact) mass is 181 g/mol. The lowest BCUT2D eigenvalue weighted by atomic mass is 9.92. The minimum Gasteiger partial charge on any atom is -0.382 e. The molecular weight excluding hydrogens is 162 g/mol. The Labute approximate surface area is 79.7 Å². The lowest BCUT2D eigenvalue weighted by Gasteiger charge is -2.14. The van der Waals surface area contributed by atoms with Gasteiger partial charge in [-0.15, -0.1) is 0 Å². The molecule has 0 saturated heterocycles. The van der Waals surface area contributed by atoms with Crippen molar-refractivity contribution in [1.29, 1.82) is 0 Å². The second kappa shape index (κ2) is 4.30. The molecule has 1 aromatic heterocycles. The molecule has 0 amide bonds. The summed E-state index contributed by atoms with van der Waals surface area (Å²) in [5.41, 5.74) is 6.73. The minimum absolute atomic E-state index is 0.574. The van der Waals surface area contributed by atoms with Gasteiger partial charge in [-0.25, -0.2) is 0 Å².